The Balaban J connectivity index is 1.45. The average molecular weight is 416 g/mol. The molecule has 2 aromatic carbocycles. The van der Waals surface area contributed by atoms with Crippen molar-refractivity contribution < 1.29 is 19.0 Å². The molecule has 1 heterocycles. The standard InChI is InChI=1S/C21H21NO4S2/c1-22-20(23)19(28-21(22)27)14-15-8-10-16(11-9-15)25-12-5-13-26-18-7-4-3-6-17(18)24-2/h3-4,6-11,14H,5,12-13H2,1-2H3. The van der Waals surface area contributed by atoms with Crippen LogP contribution in [0.2, 0.25) is 0 Å². The summed E-state index contributed by atoms with van der Waals surface area (Å²) in [6.07, 6.45) is 2.59. The van der Waals surface area contributed by atoms with Gasteiger partial charge in [-0.25, -0.2) is 0 Å². The summed E-state index contributed by atoms with van der Waals surface area (Å²) in [5.74, 6) is 2.16. The fraction of sp³-hybridized carbons (Fsp3) is 0.238. The maximum Gasteiger partial charge on any atom is 0.265 e. The van der Waals surface area contributed by atoms with E-state index < -0.39 is 0 Å². The van der Waals surface area contributed by atoms with Gasteiger partial charge in [0.2, 0.25) is 0 Å². The molecule has 5 nitrogen and oxygen atoms in total. The van der Waals surface area contributed by atoms with Gasteiger partial charge in [0.25, 0.3) is 5.91 Å². The number of thioether (sulfide) groups is 1. The molecule has 2 aromatic rings. The van der Waals surface area contributed by atoms with Crippen LogP contribution in [-0.2, 0) is 4.79 Å². The molecular formula is C21H21NO4S2. The molecule has 0 bridgehead atoms. The summed E-state index contributed by atoms with van der Waals surface area (Å²) in [5.41, 5.74) is 0.931. The number of amides is 1. The van der Waals surface area contributed by atoms with E-state index in [1.54, 1.807) is 14.2 Å². The lowest BCUT2D eigenvalue weighted by molar-refractivity contribution is -0.121. The van der Waals surface area contributed by atoms with E-state index in [2.05, 4.69) is 0 Å². The second kappa shape index (κ2) is 9.61. The quantitative estimate of drug-likeness (QED) is 0.362. The lowest BCUT2D eigenvalue weighted by Gasteiger charge is -2.11. The fourth-order valence-electron chi connectivity index (χ4n) is 2.53. The van der Waals surface area contributed by atoms with Crippen molar-refractivity contribution in [1.82, 2.24) is 4.90 Å². The molecule has 0 N–H and O–H groups in total. The van der Waals surface area contributed by atoms with Crippen LogP contribution in [0.3, 0.4) is 0 Å². The largest absolute Gasteiger partial charge is 0.493 e. The maximum absolute atomic E-state index is 12.0. The van der Waals surface area contributed by atoms with Crippen LogP contribution in [0.4, 0.5) is 0 Å². The predicted molar refractivity (Wildman–Crippen MR) is 116 cm³/mol. The Kier molecular flexibility index (Phi) is 6.95. The summed E-state index contributed by atoms with van der Waals surface area (Å²) in [6.45, 7) is 1.08. The maximum atomic E-state index is 12.0. The summed E-state index contributed by atoms with van der Waals surface area (Å²) in [5, 5.41) is 0. The van der Waals surface area contributed by atoms with Crippen molar-refractivity contribution in [3.63, 3.8) is 0 Å². The molecule has 1 aliphatic rings. The molecule has 0 aromatic heterocycles. The number of carbonyl (C=O) groups is 1. The van der Waals surface area contributed by atoms with Crippen molar-refractivity contribution >= 4 is 40.3 Å². The lowest BCUT2D eigenvalue weighted by atomic mass is 10.2. The number of benzene rings is 2. The van der Waals surface area contributed by atoms with Crippen LogP contribution in [0, 0.1) is 0 Å². The van der Waals surface area contributed by atoms with Crippen molar-refractivity contribution in [2.45, 2.75) is 6.42 Å². The number of likely N-dealkylation sites (N-methyl/N-ethyl adjacent to an activating group) is 1. The third-order valence-corrected chi connectivity index (χ3v) is 5.53. The second-order valence-corrected chi connectivity index (χ2v) is 7.69. The number of hydrogen-bond acceptors (Lipinski definition) is 6. The number of methoxy groups -OCH3 is 1. The molecule has 0 spiro atoms. The Morgan fingerprint density at radius 1 is 1.04 bits per heavy atom. The first-order valence-electron chi connectivity index (χ1n) is 8.78. The van der Waals surface area contributed by atoms with Gasteiger partial charge in [0.15, 0.2) is 11.5 Å². The summed E-state index contributed by atoms with van der Waals surface area (Å²) in [4.78, 5) is 14.2. The molecule has 1 fully saturated rings. The minimum absolute atomic E-state index is 0.0645. The first-order valence-corrected chi connectivity index (χ1v) is 10.0. The van der Waals surface area contributed by atoms with Gasteiger partial charge in [-0.3, -0.25) is 9.69 Å². The van der Waals surface area contributed by atoms with Crippen LogP contribution in [0.5, 0.6) is 17.2 Å². The Bertz CT molecular complexity index is 880. The molecule has 1 aliphatic heterocycles. The van der Waals surface area contributed by atoms with E-state index in [9.17, 15) is 4.79 Å². The average Bonchev–Trinajstić information content (AvgIpc) is 2.96. The molecule has 1 amide bonds. The topological polar surface area (TPSA) is 48.0 Å². The molecule has 3 rings (SSSR count). The fourth-order valence-corrected chi connectivity index (χ4v) is 3.71. The molecule has 0 aliphatic carbocycles. The highest BCUT2D eigenvalue weighted by atomic mass is 32.2. The van der Waals surface area contributed by atoms with Crippen LogP contribution in [-0.4, -0.2) is 42.5 Å². The molecule has 28 heavy (non-hydrogen) atoms. The Labute approximate surface area is 174 Å². The van der Waals surface area contributed by atoms with Crippen molar-refractivity contribution in [3.05, 3.63) is 59.0 Å². The van der Waals surface area contributed by atoms with E-state index in [-0.39, 0.29) is 5.91 Å². The van der Waals surface area contributed by atoms with E-state index in [1.807, 2.05) is 54.6 Å². The summed E-state index contributed by atoms with van der Waals surface area (Å²) < 4.78 is 17.3. The SMILES string of the molecule is COc1ccccc1OCCCOc1ccc(C=C2SC(=S)N(C)C2=O)cc1. The van der Waals surface area contributed by atoms with Gasteiger partial charge in [0, 0.05) is 13.5 Å². The molecule has 0 unspecified atom stereocenters. The molecule has 0 atom stereocenters. The van der Waals surface area contributed by atoms with Crippen molar-refractivity contribution in [2.75, 3.05) is 27.4 Å². The van der Waals surface area contributed by atoms with Gasteiger partial charge in [0.1, 0.15) is 10.1 Å². The zero-order chi connectivity index (χ0) is 19.9. The van der Waals surface area contributed by atoms with Gasteiger partial charge in [-0.2, -0.15) is 0 Å². The van der Waals surface area contributed by atoms with Gasteiger partial charge in [-0.15, -0.1) is 0 Å². The van der Waals surface area contributed by atoms with Crippen molar-refractivity contribution in [2.24, 2.45) is 0 Å². The third kappa shape index (κ3) is 5.05. The van der Waals surface area contributed by atoms with Gasteiger partial charge >= 0.3 is 0 Å². The van der Waals surface area contributed by atoms with Gasteiger partial charge in [-0.1, -0.05) is 48.2 Å². The van der Waals surface area contributed by atoms with Crippen LogP contribution in [0.1, 0.15) is 12.0 Å². The summed E-state index contributed by atoms with van der Waals surface area (Å²) in [7, 11) is 3.31. The van der Waals surface area contributed by atoms with Crippen LogP contribution in [0.15, 0.2) is 53.4 Å². The molecular weight excluding hydrogens is 394 g/mol. The molecule has 7 heteroatoms. The molecule has 0 radical (unpaired) electrons. The number of para-hydroxylation sites is 2. The van der Waals surface area contributed by atoms with Gasteiger partial charge in [0.05, 0.1) is 25.2 Å². The van der Waals surface area contributed by atoms with Gasteiger partial charge < -0.3 is 14.2 Å². The Morgan fingerprint density at radius 2 is 1.71 bits per heavy atom. The minimum Gasteiger partial charge on any atom is -0.493 e. The monoisotopic (exact) mass is 415 g/mol. The number of rotatable bonds is 8. The van der Waals surface area contributed by atoms with Crippen LogP contribution >= 0.6 is 24.0 Å². The second-order valence-electron chi connectivity index (χ2n) is 6.01. The Hall–Kier alpha value is -2.51. The number of hydrogen-bond donors (Lipinski definition) is 0. The molecule has 1 saturated heterocycles. The van der Waals surface area contributed by atoms with E-state index in [0.29, 0.717) is 22.4 Å². The lowest BCUT2D eigenvalue weighted by Crippen LogP contribution is -2.22. The first-order chi connectivity index (χ1) is 13.6. The first kappa shape index (κ1) is 20.2. The van der Waals surface area contributed by atoms with Gasteiger partial charge in [-0.05, 0) is 35.9 Å². The van der Waals surface area contributed by atoms with Crippen LogP contribution in [0.25, 0.3) is 6.08 Å². The predicted octanol–water partition coefficient (Wildman–Crippen LogP) is 4.37. The molecule has 146 valence electrons. The van der Waals surface area contributed by atoms with Crippen molar-refractivity contribution in [1.29, 1.82) is 0 Å². The number of nitrogens with zero attached hydrogens (tertiary/aromatic N) is 1. The van der Waals surface area contributed by atoms with E-state index in [0.717, 1.165) is 29.2 Å². The molecule has 0 saturated carbocycles. The summed E-state index contributed by atoms with van der Waals surface area (Å²) in [6, 6.07) is 15.2. The zero-order valence-corrected chi connectivity index (χ0v) is 17.3. The third-order valence-electron chi connectivity index (χ3n) is 4.05. The van der Waals surface area contributed by atoms with E-state index in [1.165, 1.54) is 16.7 Å². The minimum atomic E-state index is -0.0645. The smallest absolute Gasteiger partial charge is 0.265 e. The normalized spacial score (nSPS) is 15.2. The Morgan fingerprint density at radius 3 is 2.36 bits per heavy atom. The highest BCUT2D eigenvalue weighted by Gasteiger charge is 2.28. The van der Waals surface area contributed by atoms with Crippen molar-refractivity contribution in [3.8, 4) is 17.2 Å². The summed E-state index contributed by atoms with van der Waals surface area (Å²) >= 11 is 6.45. The number of thiocarbonyl (C=S) groups is 1. The highest BCUT2D eigenvalue weighted by molar-refractivity contribution is 8.26. The number of carbonyl (C=O) groups excluding carboxylic acids is 1. The van der Waals surface area contributed by atoms with Crippen LogP contribution < -0.4 is 14.2 Å². The highest BCUT2D eigenvalue weighted by Crippen LogP contribution is 2.31. The van der Waals surface area contributed by atoms with E-state index >= 15 is 0 Å². The van der Waals surface area contributed by atoms with E-state index in [4.69, 9.17) is 26.4 Å². The zero-order valence-electron chi connectivity index (χ0n) is 15.7. The number of ether oxygens (including phenoxy) is 3.